The lowest BCUT2D eigenvalue weighted by atomic mass is 10.0. The van der Waals surface area contributed by atoms with Crippen molar-refractivity contribution < 1.29 is 9.53 Å². The van der Waals surface area contributed by atoms with Crippen LogP contribution in [0.5, 0.6) is 5.75 Å². The molecule has 2 aromatic carbocycles. The molecule has 0 unspecified atom stereocenters. The second kappa shape index (κ2) is 6.41. The number of aryl methyl sites for hydroxylation is 1. The molecule has 1 aliphatic heterocycles. The Morgan fingerprint density at radius 1 is 1.19 bits per heavy atom. The van der Waals surface area contributed by atoms with Crippen LogP contribution in [0.4, 0.5) is 0 Å². The molecule has 0 saturated carbocycles. The molecule has 3 aromatic rings. The molecule has 0 bridgehead atoms. The van der Waals surface area contributed by atoms with Gasteiger partial charge in [0, 0.05) is 13.0 Å². The van der Waals surface area contributed by atoms with Crippen molar-refractivity contribution in [3.05, 3.63) is 69.8 Å². The third kappa shape index (κ3) is 2.90. The van der Waals surface area contributed by atoms with Crippen molar-refractivity contribution in [1.29, 1.82) is 0 Å². The van der Waals surface area contributed by atoms with Crippen LogP contribution in [0.25, 0.3) is 10.9 Å². The Kier molecular flexibility index (Phi) is 4.07. The number of aromatic nitrogens is 2. The average molecular weight is 348 g/mol. The highest BCUT2D eigenvalue weighted by Crippen LogP contribution is 2.22. The first-order valence-electron chi connectivity index (χ1n) is 8.88. The van der Waals surface area contributed by atoms with Gasteiger partial charge in [-0.1, -0.05) is 26.0 Å². The number of fused-ring (bicyclic) bond motifs is 2. The molecule has 0 atom stereocenters. The number of esters is 1. The second-order valence-corrected chi connectivity index (χ2v) is 6.94. The standard InChI is InChI=1S/C21H20N2O3/c1-13(2)14-5-3-6-16(11-14)26-21(25)15-8-9-17-18(12-15)22-19-7-4-10-23(19)20(17)24/h3,5-6,8-9,11-13H,4,7,10H2,1-2H3. The molecule has 4 rings (SSSR count). The number of nitrogens with zero attached hydrogens (tertiary/aromatic N) is 2. The van der Waals surface area contributed by atoms with Crippen molar-refractivity contribution in [2.75, 3.05) is 0 Å². The predicted molar refractivity (Wildman–Crippen MR) is 99.8 cm³/mol. The van der Waals surface area contributed by atoms with Gasteiger partial charge in [-0.25, -0.2) is 9.78 Å². The highest BCUT2D eigenvalue weighted by molar-refractivity contribution is 5.95. The third-order valence-electron chi connectivity index (χ3n) is 4.79. The molecule has 1 aromatic heterocycles. The smallest absolute Gasteiger partial charge is 0.343 e. The molecular weight excluding hydrogens is 328 g/mol. The minimum absolute atomic E-state index is 0.0351. The summed E-state index contributed by atoms with van der Waals surface area (Å²) in [4.78, 5) is 29.6. The van der Waals surface area contributed by atoms with Gasteiger partial charge < -0.3 is 4.74 Å². The van der Waals surface area contributed by atoms with E-state index in [9.17, 15) is 9.59 Å². The van der Waals surface area contributed by atoms with E-state index in [0.717, 1.165) is 24.2 Å². The molecule has 0 N–H and O–H groups in total. The molecule has 5 heteroatoms. The fraction of sp³-hybridized carbons (Fsp3) is 0.286. The van der Waals surface area contributed by atoms with E-state index in [2.05, 4.69) is 18.8 Å². The highest BCUT2D eigenvalue weighted by atomic mass is 16.5. The first kappa shape index (κ1) is 16.5. The van der Waals surface area contributed by atoms with E-state index in [1.807, 2.05) is 18.2 Å². The van der Waals surface area contributed by atoms with Crippen LogP contribution in [0, 0.1) is 0 Å². The Balaban J connectivity index is 1.66. The number of ether oxygens (including phenoxy) is 1. The van der Waals surface area contributed by atoms with E-state index < -0.39 is 5.97 Å². The van der Waals surface area contributed by atoms with Crippen LogP contribution in [-0.4, -0.2) is 15.5 Å². The van der Waals surface area contributed by atoms with Gasteiger partial charge in [-0.3, -0.25) is 9.36 Å². The minimum atomic E-state index is -0.449. The number of hydrogen-bond donors (Lipinski definition) is 0. The SMILES string of the molecule is CC(C)c1cccc(OC(=O)c2ccc3c(=O)n4c(nc3c2)CCC4)c1. The fourth-order valence-corrected chi connectivity index (χ4v) is 3.31. The molecule has 5 nitrogen and oxygen atoms in total. The number of rotatable bonds is 3. The van der Waals surface area contributed by atoms with Crippen molar-refractivity contribution in [2.24, 2.45) is 0 Å². The fourth-order valence-electron chi connectivity index (χ4n) is 3.31. The topological polar surface area (TPSA) is 61.2 Å². The lowest BCUT2D eigenvalue weighted by Crippen LogP contribution is -2.21. The first-order valence-corrected chi connectivity index (χ1v) is 8.88. The molecule has 2 heterocycles. The third-order valence-corrected chi connectivity index (χ3v) is 4.79. The van der Waals surface area contributed by atoms with Gasteiger partial charge in [0.05, 0.1) is 16.5 Å². The van der Waals surface area contributed by atoms with Crippen LogP contribution in [0.15, 0.2) is 47.3 Å². The molecule has 0 fully saturated rings. The molecule has 0 spiro atoms. The summed E-state index contributed by atoms with van der Waals surface area (Å²) in [5, 5.41) is 0.536. The summed E-state index contributed by atoms with van der Waals surface area (Å²) in [5.41, 5.74) is 2.02. The Labute approximate surface area is 151 Å². The van der Waals surface area contributed by atoms with Crippen molar-refractivity contribution in [2.45, 2.75) is 39.2 Å². The van der Waals surface area contributed by atoms with Crippen LogP contribution < -0.4 is 10.3 Å². The van der Waals surface area contributed by atoms with Crippen LogP contribution >= 0.6 is 0 Å². The highest BCUT2D eigenvalue weighted by Gasteiger charge is 2.17. The van der Waals surface area contributed by atoms with Gasteiger partial charge in [0.15, 0.2) is 0 Å². The monoisotopic (exact) mass is 348 g/mol. The summed E-state index contributed by atoms with van der Waals surface area (Å²) in [5.74, 6) is 1.21. The predicted octanol–water partition coefficient (Wildman–Crippen LogP) is 3.69. The van der Waals surface area contributed by atoms with Crippen molar-refractivity contribution >= 4 is 16.9 Å². The van der Waals surface area contributed by atoms with E-state index in [-0.39, 0.29) is 5.56 Å². The Bertz CT molecular complexity index is 1070. The zero-order valence-corrected chi connectivity index (χ0v) is 14.9. The normalized spacial score (nSPS) is 13.2. The van der Waals surface area contributed by atoms with Crippen LogP contribution in [0.2, 0.25) is 0 Å². The Morgan fingerprint density at radius 2 is 2.04 bits per heavy atom. The van der Waals surface area contributed by atoms with Gasteiger partial charge in [0.25, 0.3) is 5.56 Å². The van der Waals surface area contributed by atoms with Gasteiger partial charge in [-0.05, 0) is 48.2 Å². The van der Waals surface area contributed by atoms with E-state index >= 15 is 0 Å². The van der Waals surface area contributed by atoms with Crippen LogP contribution in [0.1, 0.15) is 47.9 Å². The summed E-state index contributed by atoms with van der Waals surface area (Å²) in [6, 6.07) is 12.5. The molecule has 1 aliphatic rings. The Morgan fingerprint density at radius 3 is 2.85 bits per heavy atom. The summed E-state index contributed by atoms with van der Waals surface area (Å²) in [7, 11) is 0. The zero-order valence-electron chi connectivity index (χ0n) is 14.9. The molecule has 26 heavy (non-hydrogen) atoms. The van der Waals surface area contributed by atoms with Crippen LogP contribution in [-0.2, 0) is 13.0 Å². The van der Waals surface area contributed by atoms with Crippen molar-refractivity contribution in [3.8, 4) is 5.75 Å². The summed E-state index contributed by atoms with van der Waals surface area (Å²) >= 11 is 0. The lowest BCUT2D eigenvalue weighted by Gasteiger charge is -2.09. The molecule has 0 amide bonds. The van der Waals surface area contributed by atoms with Crippen molar-refractivity contribution in [1.82, 2.24) is 9.55 Å². The van der Waals surface area contributed by atoms with Gasteiger partial charge >= 0.3 is 5.97 Å². The molecule has 132 valence electrons. The quantitative estimate of drug-likeness (QED) is 0.535. The number of carbonyl (C=O) groups is 1. The maximum Gasteiger partial charge on any atom is 0.343 e. The van der Waals surface area contributed by atoms with E-state index in [1.54, 1.807) is 28.8 Å². The van der Waals surface area contributed by atoms with Crippen molar-refractivity contribution in [3.63, 3.8) is 0 Å². The maximum atomic E-state index is 12.5. The second-order valence-electron chi connectivity index (χ2n) is 6.94. The van der Waals surface area contributed by atoms with Gasteiger partial charge in [0.2, 0.25) is 0 Å². The van der Waals surface area contributed by atoms with Gasteiger partial charge in [-0.2, -0.15) is 0 Å². The molecule has 0 radical (unpaired) electrons. The maximum absolute atomic E-state index is 12.5. The van der Waals surface area contributed by atoms with E-state index in [4.69, 9.17) is 4.74 Å². The average Bonchev–Trinajstić information content (AvgIpc) is 3.10. The minimum Gasteiger partial charge on any atom is -0.423 e. The van der Waals surface area contributed by atoms with Crippen LogP contribution in [0.3, 0.4) is 0 Å². The van der Waals surface area contributed by atoms with E-state index in [1.165, 1.54) is 0 Å². The molecule has 0 saturated heterocycles. The zero-order chi connectivity index (χ0) is 18.3. The first-order chi connectivity index (χ1) is 12.5. The number of benzene rings is 2. The molecule has 0 aliphatic carbocycles. The lowest BCUT2D eigenvalue weighted by molar-refractivity contribution is 0.0735. The Hall–Kier alpha value is -2.95. The number of hydrogen-bond acceptors (Lipinski definition) is 4. The largest absolute Gasteiger partial charge is 0.423 e. The summed E-state index contributed by atoms with van der Waals surface area (Å²) < 4.78 is 7.23. The van der Waals surface area contributed by atoms with E-state index in [0.29, 0.717) is 34.7 Å². The number of carbonyl (C=O) groups excluding carboxylic acids is 1. The summed E-state index contributed by atoms with van der Waals surface area (Å²) in [6.45, 7) is 4.90. The van der Waals surface area contributed by atoms with Gasteiger partial charge in [0.1, 0.15) is 11.6 Å². The van der Waals surface area contributed by atoms with Gasteiger partial charge in [-0.15, -0.1) is 0 Å². The molecular formula is C21H20N2O3. The summed E-state index contributed by atoms with van der Waals surface area (Å²) in [6.07, 6.45) is 1.72.